The van der Waals surface area contributed by atoms with Crippen molar-refractivity contribution in [3.63, 3.8) is 0 Å². The average molecular weight is 366 g/mol. The van der Waals surface area contributed by atoms with Crippen LogP contribution in [0.2, 0.25) is 0 Å². The second-order valence-corrected chi connectivity index (χ2v) is 8.00. The number of rotatable bonds is 4. The van der Waals surface area contributed by atoms with E-state index in [0.29, 0.717) is 12.1 Å². The Kier molecular flexibility index (Phi) is 5.58. The Hall–Kier alpha value is -2.14. The Balaban J connectivity index is 1.54. The first-order chi connectivity index (χ1) is 13.2. The predicted molar refractivity (Wildman–Crippen MR) is 111 cm³/mol. The number of anilines is 2. The first-order valence-corrected chi connectivity index (χ1v) is 10.3. The van der Waals surface area contributed by atoms with E-state index in [9.17, 15) is 0 Å². The number of aromatic nitrogens is 2. The highest BCUT2D eigenvalue weighted by atomic mass is 15.3. The van der Waals surface area contributed by atoms with Gasteiger partial charge in [0.25, 0.3) is 0 Å². The summed E-state index contributed by atoms with van der Waals surface area (Å²) in [5, 5.41) is 0. The van der Waals surface area contributed by atoms with Gasteiger partial charge in [-0.3, -0.25) is 9.88 Å². The van der Waals surface area contributed by atoms with Crippen molar-refractivity contribution in [2.24, 2.45) is 0 Å². The molecular weight excluding hydrogens is 334 g/mol. The van der Waals surface area contributed by atoms with Crippen LogP contribution < -0.4 is 9.80 Å². The minimum atomic E-state index is 0.385. The summed E-state index contributed by atoms with van der Waals surface area (Å²) in [5.74, 6) is 0.982. The number of piperidine rings is 1. The molecule has 2 aliphatic rings. The fourth-order valence-electron chi connectivity index (χ4n) is 4.43. The average Bonchev–Trinajstić information content (AvgIpc) is 2.74. The lowest BCUT2D eigenvalue weighted by atomic mass is 9.99. The van der Waals surface area contributed by atoms with Crippen LogP contribution in [-0.2, 0) is 0 Å². The van der Waals surface area contributed by atoms with Gasteiger partial charge in [0.1, 0.15) is 5.82 Å². The van der Waals surface area contributed by atoms with Gasteiger partial charge in [-0.15, -0.1) is 0 Å². The van der Waals surface area contributed by atoms with Gasteiger partial charge >= 0.3 is 0 Å². The molecule has 2 fully saturated rings. The molecule has 27 heavy (non-hydrogen) atoms. The Morgan fingerprint density at radius 2 is 1.67 bits per heavy atom. The van der Waals surface area contributed by atoms with E-state index in [1.54, 1.807) is 12.4 Å². The van der Waals surface area contributed by atoms with E-state index >= 15 is 0 Å². The molecule has 5 nitrogen and oxygen atoms in total. The van der Waals surface area contributed by atoms with Crippen LogP contribution in [0, 0.1) is 0 Å². The van der Waals surface area contributed by atoms with Gasteiger partial charge in [-0.05, 0) is 50.8 Å². The molecule has 1 aromatic heterocycles. The zero-order valence-corrected chi connectivity index (χ0v) is 16.6. The number of piperazine rings is 1. The zero-order valence-electron chi connectivity index (χ0n) is 16.6. The molecule has 1 unspecified atom stereocenters. The highest BCUT2D eigenvalue weighted by molar-refractivity contribution is 5.49. The van der Waals surface area contributed by atoms with Gasteiger partial charge in [0.2, 0.25) is 0 Å². The molecule has 0 radical (unpaired) electrons. The summed E-state index contributed by atoms with van der Waals surface area (Å²) < 4.78 is 0. The maximum absolute atomic E-state index is 4.51. The number of hydrogen-bond donors (Lipinski definition) is 0. The lowest BCUT2D eigenvalue weighted by Crippen LogP contribution is -2.51. The van der Waals surface area contributed by atoms with Crippen LogP contribution in [0.3, 0.4) is 0 Å². The maximum Gasteiger partial charge on any atom is 0.147 e. The predicted octanol–water partition coefficient (Wildman–Crippen LogP) is 3.74. The van der Waals surface area contributed by atoms with Crippen LogP contribution in [0.25, 0.3) is 0 Å². The van der Waals surface area contributed by atoms with Gasteiger partial charge in [0, 0.05) is 56.8 Å². The molecule has 2 aliphatic heterocycles. The quantitative estimate of drug-likeness (QED) is 0.825. The molecule has 3 heterocycles. The summed E-state index contributed by atoms with van der Waals surface area (Å²) in [7, 11) is 0. The second-order valence-electron chi connectivity index (χ2n) is 8.00. The Labute approximate surface area is 163 Å². The molecule has 0 amide bonds. The Bertz CT molecular complexity index is 709. The number of hydrogen-bond acceptors (Lipinski definition) is 5. The van der Waals surface area contributed by atoms with Gasteiger partial charge < -0.3 is 9.80 Å². The fraction of sp³-hybridized carbons (Fsp3) is 0.545. The van der Waals surface area contributed by atoms with Gasteiger partial charge in [0.05, 0.1) is 12.2 Å². The van der Waals surface area contributed by atoms with Crippen molar-refractivity contribution in [2.75, 3.05) is 42.5 Å². The highest BCUT2D eigenvalue weighted by Gasteiger charge is 2.30. The topological polar surface area (TPSA) is 35.5 Å². The molecular formula is C22H31N5. The van der Waals surface area contributed by atoms with Gasteiger partial charge in [-0.25, -0.2) is 4.98 Å². The first-order valence-electron chi connectivity index (χ1n) is 10.3. The van der Waals surface area contributed by atoms with E-state index in [-0.39, 0.29) is 0 Å². The van der Waals surface area contributed by atoms with Gasteiger partial charge in [-0.2, -0.15) is 0 Å². The van der Waals surface area contributed by atoms with E-state index < -0.39 is 0 Å². The number of nitrogens with zero attached hydrogens (tertiary/aromatic N) is 5. The Morgan fingerprint density at radius 3 is 2.33 bits per heavy atom. The van der Waals surface area contributed by atoms with Crippen molar-refractivity contribution >= 4 is 11.5 Å². The van der Waals surface area contributed by atoms with Crippen molar-refractivity contribution in [3.8, 4) is 0 Å². The van der Waals surface area contributed by atoms with Crippen LogP contribution in [0.5, 0.6) is 0 Å². The van der Waals surface area contributed by atoms with Crippen molar-refractivity contribution in [3.05, 3.63) is 48.4 Å². The summed E-state index contributed by atoms with van der Waals surface area (Å²) in [6.07, 6.45) is 9.41. The molecule has 0 saturated carbocycles. The smallest absolute Gasteiger partial charge is 0.147 e. The third-order valence-corrected chi connectivity index (χ3v) is 5.96. The molecule has 2 aromatic rings. The molecule has 0 aliphatic carbocycles. The summed E-state index contributed by atoms with van der Waals surface area (Å²) >= 11 is 0. The molecule has 1 atom stereocenters. The lowest BCUT2D eigenvalue weighted by molar-refractivity contribution is 0.137. The minimum absolute atomic E-state index is 0.385. The van der Waals surface area contributed by atoms with E-state index in [4.69, 9.17) is 0 Å². The van der Waals surface area contributed by atoms with Crippen molar-refractivity contribution in [2.45, 2.75) is 45.2 Å². The van der Waals surface area contributed by atoms with Gasteiger partial charge in [0.15, 0.2) is 0 Å². The van der Waals surface area contributed by atoms with E-state index in [0.717, 1.165) is 25.5 Å². The molecule has 2 saturated heterocycles. The van der Waals surface area contributed by atoms with Crippen LogP contribution in [0.15, 0.2) is 42.9 Å². The van der Waals surface area contributed by atoms with Gasteiger partial charge in [-0.1, -0.05) is 12.1 Å². The molecule has 0 N–H and O–H groups in total. The van der Waals surface area contributed by atoms with Crippen LogP contribution >= 0.6 is 0 Å². The summed E-state index contributed by atoms with van der Waals surface area (Å²) in [6.45, 7) is 9.99. The normalized spacial score (nSPS) is 21.7. The summed E-state index contributed by atoms with van der Waals surface area (Å²) in [4.78, 5) is 16.3. The molecule has 0 spiro atoms. The minimum Gasteiger partial charge on any atom is -0.372 e. The molecule has 1 aromatic carbocycles. The van der Waals surface area contributed by atoms with E-state index in [2.05, 4.69) is 62.8 Å². The standard InChI is InChI=1S/C22H31N5/c1-18(2)27-15-14-26(22-16-23-10-11-24-22)17-21(27)19-6-8-20(9-7-19)25-12-4-3-5-13-25/h6-11,16,18,21H,3-5,12-15,17H2,1-2H3. The largest absolute Gasteiger partial charge is 0.372 e. The Morgan fingerprint density at radius 1 is 0.889 bits per heavy atom. The third-order valence-electron chi connectivity index (χ3n) is 5.96. The van der Waals surface area contributed by atoms with Crippen molar-refractivity contribution < 1.29 is 0 Å². The zero-order chi connectivity index (χ0) is 18.6. The summed E-state index contributed by atoms with van der Waals surface area (Å²) in [6, 6.07) is 10.2. The molecule has 5 heteroatoms. The maximum atomic E-state index is 4.51. The number of benzene rings is 1. The van der Waals surface area contributed by atoms with Crippen LogP contribution in [0.4, 0.5) is 11.5 Å². The highest BCUT2D eigenvalue weighted by Crippen LogP contribution is 2.31. The first kappa shape index (κ1) is 18.2. The SMILES string of the molecule is CC(C)N1CCN(c2cnccn2)CC1c1ccc(N2CCCCC2)cc1. The van der Waals surface area contributed by atoms with Crippen molar-refractivity contribution in [1.29, 1.82) is 0 Å². The monoisotopic (exact) mass is 365 g/mol. The molecule has 0 bridgehead atoms. The van der Waals surface area contributed by atoms with E-state index in [1.165, 1.54) is 43.6 Å². The second kappa shape index (κ2) is 8.26. The third kappa shape index (κ3) is 4.08. The van der Waals surface area contributed by atoms with Crippen LogP contribution in [-0.4, -0.2) is 53.6 Å². The summed E-state index contributed by atoms with van der Waals surface area (Å²) in [5.41, 5.74) is 2.77. The fourth-order valence-corrected chi connectivity index (χ4v) is 4.43. The lowest BCUT2D eigenvalue weighted by Gasteiger charge is -2.44. The molecule has 4 rings (SSSR count). The molecule has 144 valence electrons. The van der Waals surface area contributed by atoms with E-state index in [1.807, 2.05) is 6.20 Å². The van der Waals surface area contributed by atoms with Crippen molar-refractivity contribution in [1.82, 2.24) is 14.9 Å². The van der Waals surface area contributed by atoms with Crippen LogP contribution in [0.1, 0.15) is 44.7 Å².